The number of nitrogens with one attached hydrogen (secondary N) is 1. The molecule has 2 heterocycles. The van der Waals surface area contributed by atoms with Crippen LogP contribution in [-0.4, -0.2) is 26.8 Å². The van der Waals surface area contributed by atoms with Gasteiger partial charge in [0.25, 0.3) is 10.0 Å². The Morgan fingerprint density at radius 1 is 1.17 bits per heavy atom. The highest BCUT2D eigenvalue weighted by atomic mass is 32.2. The van der Waals surface area contributed by atoms with Crippen LogP contribution in [0.5, 0.6) is 0 Å². The summed E-state index contributed by atoms with van der Waals surface area (Å²) in [4.78, 5) is 2.47. The average Bonchev–Trinajstić information content (AvgIpc) is 2.57. The Balaban J connectivity index is 1.69. The molecule has 0 amide bonds. The van der Waals surface area contributed by atoms with E-state index in [2.05, 4.69) is 33.7 Å². The first-order chi connectivity index (χ1) is 11.5. The Labute approximate surface area is 142 Å². The van der Waals surface area contributed by atoms with Crippen molar-refractivity contribution in [2.75, 3.05) is 16.8 Å². The number of rotatable bonds is 2. The van der Waals surface area contributed by atoms with E-state index in [1.165, 1.54) is 5.56 Å². The molecule has 2 aromatic rings. The van der Waals surface area contributed by atoms with Crippen LogP contribution in [-0.2, 0) is 16.4 Å². The van der Waals surface area contributed by atoms with Crippen LogP contribution in [0.2, 0.25) is 0 Å². The lowest BCUT2D eigenvalue weighted by molar-refractivity contribution is 0.585. The number of fused-ring (bicyclic) bond motifs is 2. The molecule has 0 radical (unpaired) electrons. The third-order valence-corrected chi connectivity index (χ3v) is 6.03. The number of anilines is 2. The lowest BCUT2D eigenvalue weighted by Gasteiger charge is -2.37. The van der Waals surface area contributed by atoms with E-state index in [9.17, 15) is 8.42 Å². The highest BCUT2D eigenvalue weighted by molar-refractivity contribution is 7.90. The summed E-state index contributed by atoms with van der Waals surface area (Å²) in [6, 6.07) is 15.5. The monoisotopic (exact) mass is 341 g/mol. The van der Waals surface area contributed by atoms with Crippen molar-refractivity contribution < 1.29 is 8.42 Å². The maximum atomic E-state index is 12.4. The maximum Gasteiger partial charge on any atom is 0.286 e. The third-order valence-electron chi connectivity index (χ3n) is 4.66. The van der Waals surface area contributed by atoms with E-state index in [0.29, 0.717) is 24.1 Å². The van der Waals surface area contributed by atoms with E-state index < -0.39 is 10.0 Å². The fourth-order valence-corrected chi connectivity index (χ4v) is 4.54. The number of sulfonamides is 1. The second kappa shape index (κ2) is 5.63. The van der Waals surface area contributed by atoms with Gasteiger partial charge in [-0.2, -0.15) is 8.42 Å². The Bertz CT molecular complexity index is 921. The molecule has 0 saturated carbocycles. The summed E-state index contributed by atoms with van der Waals surface area (Å²) >= 11 is 0. The van der Waals surface area contributed by atoms with Crippen LogP contribution in [0.1, 0.15) is 18.9 Å². The number of nitrogens with zero attached hydrogens (tertiary/aromatic N) is 2. The van der Waals surface area contributed by atoms with E-state index in [0.717, 1.165) is 18.5 Å². The number of benzene rings is 2. The normalized spacial score (nSPS) is 21.3. The van der Waals surface area contributed by atoms with Gasteiger partial charge in [0.05, 0.1) is 12.2 Å². The van der Waals surface area contributed by atoms with Crippen LogP contribution < -0.4 is 10.2 Å². The van der Waals surface area contributed by atoms with Crippen LogP contribution in [0.4, 0.5) is 11.4 Å². The molecule has 0 aromatic heterocycles. The van der Waals surface area contributed by atoms with Crippen molar-refractivity contribution in [2.45, 2.75) is 30.7 Å². The van der Waals surface area contributed by atoms with Crippen molar-refractivity contribution in [2.24, 2.45) is 4.40 Å². The molecule has 0 bridgehead atoms. The summed E-state index contributed by atoms with van der Waals surface area (Å²) in [6.45, 7) is 2.62. The van der Waals surface area contributed by atoms with Gasteiger partial charge in [-0.15, -0.1) is 4.40 Å². The highest BCUT2D eigenvalue weighted by Crippen LogP contribution is 2.32. The molecule has 0 fully saturated rings. The van der Waals surface area contributed by atoms with E-state index in [1.807, 2.05) is 18.2 Å². The van der Waals surface area contributed by atoms with E-state index in [-0.39, 0.29) is 4.90 Å². The number of hydrogen-bond acceptors (Lipinski definition) is 4. The van der Waals surface area contributed by atoms with Crippen LogP contribution in [0.25, 0.3) is 0 Å². The predicted molar refractivity (Wildman–Crippen MR) is 96.3 cm³/mol. The Hall–Kier alpha value is -2.34. The maximum absolute atomic E-state index is 12.4. The SMILES string of the molecule is CC1CCc2ccccc2N1CC1=NS(=O)(=O)c2ccccc2N1. The lowest BCUT2D eigenvalue weighted by atomic mass is 9.96. The molecule has 2 aliphatic rings. The smallest absolute Gasteiger partial charge is 0.286 e. The first-order valence-corrected chi connectivity index (χ1v) is 9.53. The molecule has 5 nitrogen and oxygen atoms in total. The molecule has 4 rings (SSSR count). The largest absolute Gasteiger partial charge is 0.361 e. The first-order valence-electron chi connectivity index (χ1n) is 8.09. The fraction of sp³-hybridized carbons (Fsp3) is 0.278. The lowest BCUT2D eigenvalue weighted by Crippen LogP contribution is -2.43. The number of para-hydroxylation sites is 2. The van der Waals surface area contributed by atoms with Crippen molar-refractivity contribution >= 4 is 27.2 Å². The minimum absolute atomic E-state index is 0.237. The summed E-state index contributed by atoms with van der Waals surface area (Å²) in [6.07, 6.45) is 2.10. The van der Waals surface area contributed by atoms with Gasteiger partial charge in [0, 0.05) is 11.7 Å². The molecule has 0 aliphatic carbocycles. The Morgan fingerprint density at radius 2 is 1.92 bits per heavy atom. The topological polar surface area (TPSA) is 61.8 Å². The number of aryl methyl sites for hydroxylation is 1. The standard InChI is InChI=1S/C18H19N3O2S/c1-13-10-11-14-6-2-4-8-16(14)21(13)12-18-19-15-7-3-5-9-17(15)24(22,23)20-18/h2-9,13H,10-12H2,1H3,(H,19,20). The van der Waals surface area contributed by atoms with Gasteiger partial charge in [-0.05, 0) is 43.5 Å². The first kappa shape index (κ1) is 15.2. The van der Waals surface area contributed by atoms with E-state index >= 15 is 0 Å². The van der Waals surface area contributed by atoms with Crippen molar-refractivity contribution in [3.05, 3.63) is 54.1 Å². The quantitative estimate of drug-likeness (QED) is 0.912. The number of hydrogen-bond donors (Lipinski definition) is 1. The molecule has 2 aromatic carbocycles. The summed E-state index contributed by atoms with van der Waals surface area (Å²) in [5.41, 5.74) is 3.06. The molecule has 6 heteroatoms. The molecule has 0 spiro atoms. The van der Waals surface area contributed by atoms with Crippen molar-refractivity contribution in [3.63, 3.8) is 0 Å². The van der Waals surface area contributed by atoms with Gasteiger partial charge in [-0.1, -0.05) is 30.3 Å². The zero-order chi connectivity index (χ0) is 16.7. The predicted octanol–water partition coefficient (Wildman–Crippen LogP) is 3.04. The summed E-state index contributed by atoms with van der Waals surface area (Å²) in [5.74, 6) is 0.470. The zero-order valence-corrected chi connectivity index (χ0v) is 14.3. The van der Waals surface area contributed by atoms with Gasteiger partial charge >= 0.3 is 0 Å². The van der Waals surface area contributed by atoms with Gasteiger partial charge in [0.15, 0.2) is 0 Å². The molecular formula is C18H19N3O2S. The van der Waals surface area contributed by atoms with Crippen molar-refractivity contribution in [3.8, 4) is 0 Å². The van der Waals surface area contributed by atoms with Gasteiger partial charge in [0.1, 0.15) is 10.7 Å². The van der Waals surface area contributed by atoms with Crippen LogP contribution in [0.15, 0.2) is 57.8 Å². The summed E-state index contributed by atoms with van der Waals surface area (Å²) < 4.78 is 28.8. The van der Waals surface area contributed by atoms with E-state index in [4.69, 9.17) is 0 Å². The highest BCUT2D eigenvalue weighted by Gasteiger charge is 2.28. The zero-order valence-electron chi connectivity index (χ0n) is 13.4. The van der Waals surface area contributed by atoms with Gasteiger partial charge in [0.2, 0.25) is 0 Å². The molecule has 24 heavy (non-hydrogen) atoms. The van der Waals surface area contributed by atoms with Crippen LogP contribution >= 0.6 is 0 Å². The minimum Gasteiger partial charge on any atom is -0.361 e. The van der Waals surface area contributed by atoms with Crippen molar-refractivity contribution in [1.29, 1.82) is 0 Å². The van der Waals surface area contributed by atoms with Gasteiger partial charge < -0.3 is 10.2 Å². The molecule has 0 saturated heterocycles. The molecular weight excluding hydrogens is 322 g/mol. The second-order valence-corrected chi connectivity index (χ2v) is 7.85. The van der Waals surface area contributed by atoms with Gasteiger partial charge in [-0.3, -0.25) is 0 Å². The Kier molecular flexibility index (Phi) is 3.57. The summed E-state index contributed by atoms with van der Waals surface area (Å²) in [5, 5.41) is 3.18. The number of amidine groups is 1. The van der Waals surface area contributed by atoms with Crippen LogP contribution in [0, 0.1) is 0 Å². The van der Waals surface area contributed by atoms with Crippen molar-refractivity contribution in [1.82, 2.24) is 0 Å². The van der Waals surface area contributed by atoms with Crippen LogP contribution in [0.3, 0.4) is 0 Å². The second-order valence-electron chi connectivity index (χ2n) is 6.28. The minimum atomic E-state index is -3.64. The molecule has 1 N–H and O–H groups in total. The average molecular weight is 341 g/mol. The molecule has 1 unspecified atom stereocenters. The fourth-order valence-electron chi connectivity index (χ4n) is 3.40. The Morgan fingerprint density at radius 3 is 2.79 bits per heavy atom. The van der Waals surface area contributed by atoms with Gasteiger partial charge in [-0.25, -0.2) is 0 Å². The summed E-state index contributed by atoms with van der Waals surface area (Å²) in [7, 11) is -3.64. The molecule has 2 aliphatic heterocycles. The van der Waals surface area contributed by atoms with E-state index in [1.54, 1.807) is 18.2 Å². The third kappa shape index (κ3) is 2.57. The molecule has 1 atom stereocenters. The molecule has 124 valence electrons.